The zero-order chi connectivity index (χ0) is 10.7. The van der Waals surface area contributed by atoms with Crippen molar-refractivity contribution < 1.29 is 9.53 Å². The third kappa shape index (κ3) is 2.23. The maximum Gasteiger partial charge on any atom is 0.358 e. The fourth-order valence-electron chi connectivity index (χ4n) is 1.37. The Morgan fingerprint density at radius 2 is 2.27 bits per heavy atom. The first-order valence-electron chi connectivity index (χ1n) is 4.96. The number of ether oxygens (including phenoxy) is 1. The molecule has 0 spiro atoms. The highest BCUT2D eigenvalue weighted by Gasteiger charge is 2.17. The van der Waals surface area contributed by atoms with Crippen molar-refractivity contribution in [1.82, 2.24) is 9.97 Å². The normalized spacial score (nSPS) is 15.5. The summed E-state index contributed by atoms with van der Waals surface area (Å²) < 4.78 is 4.53. The fraction of sp³-hybridized carbons (Fsp3) is 0.500. The predicted molar refractivity (Wildman–Crippen MR) is 54.6 cm³/mol. The number of carbonyl (C=O) groups excluding carboxylic acids is 1. The van der Waals surface area contributed by atoms with Gasteiger partial charge in [-0.15, -0.1) is 0 Å². The average Bonchev–Trinajstić information content (AvgIpc) is 2.23. The molecule has 5 nitrogen and oxygen atoms in total. The molecule has 1 heterocycles. The number of esters is 1. The summed E-state index contributed by atoms with van der Waals surface area (Å²) in [6.45, 7) is 0. The molecule has 0 unspecified atom stereocenters. The van der Waals surface area contributed by atoms with E-state index in [9.17, 15) is 4.79 Å². The Morgan fingerprint density at radius 1 is 1.47 bits per heavy atom. The molecule has 2 rings (SSSR count). The highest BCUT2D eigenvalue weighted by Crippen LogP contribution is 2.21. The Labute approximate surface area is 87.9 Å². The molecule has 0 bridgehead atoms. The SMILES string of the molecule is COC(=O)c1cnc(NC2CCC2)cn1. The maximum absolute atomic E-state index is 11.1. The number of nitrogens with zero attached hydrogens (tertiary/aromatic N) is 2. The summed E-state index contributed by atoms with van der Waals surface area (Å²) >= 11 is 0. The molecule has 0 saturated heterocycles. The van der Waals surface area contributed by atoms with E-state index in [1.165, 1.54) is 32.6 Å². The number of nitrogens with one attached hydrogen (secondary N) is 1. The molecule has 0 atom stereocenters. The Kier molecular flexibility index (Phi) is 2.80. The minimum absolute atomic E-state index is 0.233. The van der Waals surface area contributed by atoms with Gasteiger partial charge in [-0.2, -0.15) is 0 Å². The summed E-state index contributed by atoms with van der Waals surface area (Å²) in [5, 5.41) is 3.24. The quantitative estimate of drug-likeness (QED) is 0.755. The summed E-state index contributed by atoms with van der Waals surface area (Å²) in [7, 11) is 1.32. The minimum atomic E-state index is -0.460. The number of aromatic nitrogens is 2. The van der Waals surface area contributed by atoms with Crippen molar-refractivity contribution in [3.63, 3.8) is 0 Å². The van der Waals surface area contributed by atoms with Crippen molar-refractivity contribution in [3.05, 3.63) is 18.1 Å². The summed E-state index contributed by atoms with van der Waals surface area (Å²) in [6.07, 6.45) is 6.61. The van der Waals surface area contributed by atoms with Gasteiger partial charge in [0.15, 0.2) is 5.69 Å². The maximum atomic E-state index is 11.1. The van der Waals surface area contributed by atoms with Crippen LogP contribution in [0.3, 0.4) is 0 Å². The lowest BCUT2D eigenvalue weighted by atomic mass is 9.93. The van der Waals surface area contributed by atoms with Crippen molar-refractivity contribution in [2.45, 2.75) is 25.3 Å². The first-order chi connectivity index (χ1) is 7.29. The minimum Gasteiger partial charge on any atom is -0.464 e. The van der Waals surface area contributed by atoms with Crippen LogP contribution in [-0.2, 0) is 4.74 Å². The van der Waals surface area contributed by atoms with E-state index in [1.54, 1.807) is 6.20 Å². The van der Waals surface area contributed by atoms with E-state index in [0.717, 1.165) is 0 Å². The second-order valence-corrected chi connectivity index (χ2v) is 3.55. The van der Waals surface area contributed by atoms with Crippen LogP contribution < -0.4 is 5.32 Å². The average molecular weight is 207 g/mol. The molecule has 80 valence electrons. The molecule has 0 aliphatic heterocycles. The summed E-state index contributed by atoms with van der Waals surface area (Å²) in [4.78, 5) is 19.1. The Bertz CT molecular complexity index is 346. The van der Waals surface area contributed by atoms with Gasteiger partial charge in [0.25, 0.3) is 0 Å². The Hall–Kier alpha value is -1.65. The van der Waals surface area contributed by atoms with E-state index in [-0.39, 0.29) is 5.69 Å². The standard InChI is InChI=1S/C10H13N3O2/c1-15-10(14)8-5-12-9(6-11-8)13-7-3-2-4-7/h5-7H,2-4H2,1H3,(H,12,13). The smallest absolute Gasteiger partial charge is 0.358 e. The topological polar surface area (TPSA) is 64.1 Å². The monoisotopic (exact) mass is 207 g/mol. The van der Waals surface area contributed by atoms with Crippen LogP contribution in [0, 0.1) is 0 Å². The molecule has 0 aromatic carbocycles. The van der Waals surface area contributed by atoms with Crippen LogP contribution in [0.2, 0.25) is 0 Å². The van der Waals surface area contributed by atoms with E-state index < -0.39 is 5.97 Å². The van der Waals surface area contributed by atoms with Crippen LogP contribution in [0.25, 0.3) is 0 Å². The number of methoxy groups -OCH3 is 1. The first-order valence-corrected chi connectivity index (χ1v) is 4.96. The lowest BCUT2D eigenvalue weighted by Crippen LogP contribution is -2.27. The van der Waals surface area contributed by atoms with Gasteiger partial charge in [0.05, 0.1) is 19.5 Å². The number of hydrogen-bond donors (Lipinski definition) is 1. The van der Waals surface area contributed by atoms with E-state index in [4.69, 9.17) is 0 Å². The van der Waals surface area contributed by atoms with Crippen molar-refractivity contribution in [3.8, 4) is 0 Å². The van der Waals surface area contributed by atoms with Crippen molar-refractivity contribution in [2.75, 3.05) is 12.4 Å². The third-order valence-electron chi connectivity index (χ3n) is 2.50. The predicted octanol–water partition coefficient (Wildman–Crippen LogP) is 1.23. The molecule has 1 aromatic rings. The van der Waals surface area contributed by atoms with Gasteiger partial charge in [0.2, 0.25) is 0 Å². The van der Waals surface area contributed by atoms with Crippen molar-refractivity contribution in [1.29, 1.82) is 0 Å². The molecule has 0 amide bonds. The molecule has 1 saturated carbocycles. The van der Waals surface area contributed by atoms with E-state index in [1.807, 2.05) is 0 Å². The van der Waals surface area contributed by atoms with E-state index in [2.05, 4.69) is 20.0 Å². The van der Waals surface area contributed by atoms with Gasteiger partial charge in [-0.1, -0.05) is 0 Å². The molecule has 1 aromatic heterocycles. The zero-order valence-corrected chi connectivity index (χ0v) is 8.56. The van der Waals surface area contributed by atoms with Gasteiger partial charge in [-0.3, -0.25) is 0 Å². The molecule has 15 heavy (non-hydrogen) atoms. The van der Waals surface area contributed by atoms with Gasteiger partial charge in [-0.05, 0) is 19.3 Å². The van der Waals surface area contributed by atoms with Crippen LogP contribution in [-0.4, -0.2) is 29.1 Å². The number of carbonyl (C=O) groups is 1. The summed E-state index contributed by atoms with van der Waals surface area (Å²) in [5.41, 5.74) is 0.233. The largest absolute Gasteiger partial charge is 0.464 e. The number of hydrogen-bond acceptors (Lipinski definition) is 5. The van der Waals surface area contributed by atoms with Gasteiger partial charge < -0.3 is 10.1 Å². The van der Waals surface area contributed by atoms with Crippen LogP contribution >= 0.6 is 0 Å². The summed E-state index contributed by atoms with van der Waals surface area (Å²) in [5.74, 6) is 0.255. The molecule has 1 N–H and O–H groups in total. The Morgan fingerprint density at radius 3 is 2.73 bits per heavy atom. The highest BCUT2D eigenvalue weighted by atomic mass is 16.5. The second kappa shape index (κ2) is 4.25. The molecular formula is C10H13N3O2. The van der Waals surface area contributed by atoms with Crippen molar-refractivity contribution in [2.24, 2.45) is 0 Å². The molecule has 1 fully saturated rings. The highest BCUT2D eigenvalue weighted by molar-refractivity contribution is 5.86. The molecule has 0 radical (unpaired) electrons. The van der Waals surface area contributed by atoms with Crippen LogP contribution in [0.15, 0.2) is 12.4 Å². The van der Waals surface area contributed by atoms with E-state index in [0.29, 0.717) is 11.9 Å². The van der Waals surface area contributed by atoms with Crippen LogP contribution in [0.5, 0.6) is 0 Å². The summed E-state index contributed by atoms with van der Waals surface area (Å²) in [6, 6.07) is 0.517. The van der Waals surface area contributed by atoms with Gasteiger partial charge >= 0.3 is 5.97 Å². The molecule has 1 aliphatic carbocycles. The van der Waals surface area contributed by atoms with E-state index >= 15 is 0 Å². The first kappa shape index (κ1) is 9.89. The molecule has 1 aliphatic rings. The number of anilines is 1. The zero-order valence-electron chi connectivity index (χ0n) is 8.56. The van der Waals surface area contributed by atoms with Gasteiger partial charge in [0, 0.05) is 6.04 Å². The van der Waals surface area contributed by atoms with Crippen LogP contribution in [0.1, 0.15) is 29.8 Å². The lowest BCUT2D eigenvalue weighted by Gasteiger charge is -2.26. The van der Waals surface area contributed by atoms with Crippen molar-refractivity contribution >= 4 is 11.8 Å². The number of rotatable bonds is 3. The van der Waals surface area contributed by atoms with Gasteiger partial charge in [0.1, 0.15) is 5.82 Å². The van der Waals surface area contributed by atoms with Crippen LogP contribution in [0.4, 0.5) is 5.82 Å². The molecule has 5 heteroatoms. The molecular weight excluding hydrogens is 194 g/mol. The fourth-order valence-corrected chi connectivity index (χ4v) is 1.37. The van der Waals surface area contributed by atoms with Gasteiger partial charge in [-0.25, -0.2) is 14.8 Å². The Balaban J connectivity index is 1.99. The lowest BCUT2D eigenvalue weighted by molar-refractivity contribution is 0.0593. The second-order valence-electron chi connectivity index (χ2n) is 3.55. The third-order valence-corrected chi connectivity index (χ3v) is 2.50.